The van der Waals surface area contributed by atoms with Gasteiger partial charge in [0.1, 0.15) is 0 Å². The third kappa shape index (κ3) is 2.32. The van der Waals surface area contributed by atoms with E-state index in [-0.39, 0.29) is 11.7 Å². The van der Waals surface area contributed by atoms with Crippen LogP contribution in [-0.4, -0.2) is 34.1 Å². The van der Waals surface area contributed by atoms with Crippen LogP contribution in [0, 0.1) is 0 Å². The highest BCUT2D eigenvalue weighted by Crippen LogP contribution is 2.20. The number of ketones is 1. The zero-order valence-corrected chi connectivity index (χ0v) is 12.6. The molecule has 0 radical (unpaired) electrons. The number of hydrogen-bond donors (Lipinski definition) is 0. The molecule has 0 unspecified atom stereocenters. The van der Waals surface area contributed by atoms with Crippen molar-refractivity contribution >= 4 is 17.2 Å². The Labute approximate surface area is 134 Å². The van der Waals surface area contributed by atoms with Gasteiger partial charge in [0.2, 0.25) is 5.78 Å². The van der Waals surface area contributed by atoms with E-state index in [1.807, 2.05) is 51.9 Å². The lowest BCUT2D eigenvalue weighted by atomic mass is 10.0. The van der Waals surface area contributed by atoms with Crippen LogP contribution in [0.1, 0.15) is 32.8 Å². The number of aromatic nitrogens is 1. The summed E-state index contributed by atoms with van der Waals surface area (Å²) in [4.78, 5) is 27.2. The first-order valence-electron chi connectivity index (χ1n) is 7.74. The van der Waals surface area contributed by atoms with Crippen molar-refractivity contribution in [3.8, 4) is 0 Å². The molecule has 4 heteroatoms. The second-order valence-corrected chi connectivity index (χ2v) is 5.77. The van der Waals surface area contributed by atoms with Gasteiger partial charge in [0.25, 0.3) is 5.91 Å². The maximum Gasteiger partial charge on any atom is 0.254 e. The van der Waals surface area contributed by atoms with Crippen LogP contribution in [0.4, 0.5) is 0 Å². The van der Waals surface area contributed by atoms with E-state index in [2.05, 4.69) is 0 Å². The van der Waals surface area contributed by atoms with Gasteiger partial charge in [-0.05, 0) is 30.7 Å². The number of hydrogen-bond acceptors (Lipinski definition) is 2. The zero-order chi connectivity index (χ0) is 15.8. The quantitative estimate of drug-likeness (QED) is 0.698. The summed E-state index contributed by atoms with van der Waals surface area (Å²) in [6.45, 7) is 1.60. The van der Waals surface area contributed by atoms with E-state index in [0.717, 1.165) is 25.0 Å². The van der Waals surface area contributed by atoms with Crippen molar-refractivity contribution in [2.24, 2.45) is 0 Å². The highest BCUT2D eigenvalue weighted by atomic mass is 16.2. The SMILES string of the molecule is O=C(c1ccccc1)c1cc(C(=O)N2CCC2)cc2cccn12. The Morgan fingerprint density at radius 1 is 0.870 bits per heavy atom. The largest absolute Gasteiger partial charge is 0.339 e. The zero-order valence-electron chi connectivity index (χ0n) is 12.6. The van der Waals surface area contributed by atoms with Crippen molar-refractivity contribution in [3.05, 3.63) is 77.6 Å². The summed E-state index contributed by atoms with van der Waals surface area (Å²) in [6, 6.07) is 16.5. The van der Waals surface area contributed by atoms with Gasteiger partial charge in [-0.3, -0.25) is 9.59 Å². The Balaban J connectivity index is 1.83. The Hall–Kier alpha value is -2.88. The number of rotatable bonds is 3. The second-order valence-electron chi connectivity index (χ2n) is 5.77. The maximum atomic E-state index is 12.8. The molecule has 0 saturated carbocycles. The topological polar surface area (TPSA) is 41.8 Å². The van der Waals surface area contributed by atoms with E-state index in [1.165, 1.54) is 0 Å². The van der Waals surface area contributed by atoms with Gasteiger partial charge in [-0.1, -0.05) is 30.3 Å². The van der Waals surface area contributed by atoms with Crippen molar-refractivity contribution in [1.29, 1.82) is 0 Å². The van der Waals surface area contributed by atoms with Crippen molar-refractivity contribution in [3.63, 3.8) is 0 Å². The fourth-order valence-electron chi connectivity index (χ4n) is 2.89. The Morgan fingerprint density at radius 3 is 2.35 bits per heavy atom. The fourth-order valence-corrected chi connectivity index (χ4v) is 2.89. The molecule has 0 aliphatic carbocycles. The molecule has 2 aromatic heterocycles. The summed E-state index contributed by atoms with van der Waals surface area (Å²) in [5.41, 5.74) is 2.57. The molecule has 0 N–H and O–H groups in total. The van der Waals surface area contributed by atoms with E-state index in [4.69, 9.17) is 0 Å². The average Bonchev–Trinajstić information content (AvgIpc) is 3.01. The number of pyridine rings is 1. The molecule has 1 amide bonds. The number of carbonyl (C=O) groups is 2. The van der Waals surface area contributed by atoms with Gasteiger partial charge in [0.05, 0.1) is 5.69 Å². The predicted molar refractivity (Wildman–Crippen MR) is 87.8 cm³/mol. The third-order valence-electron chi connectivity index (χ3n) is 4.29. The molecule has 3 heterocycles. The predicted octanol–water partition coefficient (Wildman–Crippen LogP) is 3.02. The molecule has 3 aromatic rings. The second kappa shape index (κ2) is 5.39. The average molecular weight is 304 g/mol. The summed E-state index contributed by atoms with van der Waals surface area (Å²) in [5.74, 6) is -0.0767. The standard InChI is InChI=1S/C19H16N2O2/c22-18(14-6-2-1-3-7-14)17-13-15(19(23)20-9-5-10-20)12-16-8-4-11-21(16)17/h1-4,6-8,11-13H,5,9-10H2. The number of carbonyl (C=O) groups excluding carboxylic acids is 2. The Bertz CT molecular complexity index is 892. The van der Waals surface area contributed by atoms with E-state index in [0.29, 0.717) is 16.8 Å². The smallest absolute Gasteiger partial charge is 0.254 e. The first-order valence-corrected chi connectivity index (χ1v) is 7.74. The molecular formula is C19H16N2O2. The molecular weight excluding hydrogens is 288 g/mol. The normalized spacial score (nSPS) is 13.8. The van der Waals surface area contributed by atoms with Gasteiger partial charge >= 0.3 is 0 Å². The summed E-state index contributed by atoms with van der Waals surface area (Å²) in [5, 5.41) is 0. The van der Waals surface area contributed by atoms with Crippen LogP contribution in [-0.2, 0) is 0 Å². The number of amides is 1. The summed E-state index contributed by atoms with van der Waals surface area (Å²) in [7, 11) is 0. The van der Waals surface area contributed by atoms with Crippen LogP contribution in [0.15, 0.2) is 60.8 Å². The third-order valence-corrected chi connectivity index (χ3v) is 4.29. The lowest BCUT2D eigenvalue weighted by Crippen LogP contribution is -2.42. The summed E-state index contributed by atoms with van der Waals surface area (Å²) >= 11 is 0. The van der Waals surface area contributed by atoms with Gasteiger partial charge in [0.15, 0.2) is 0 Å². The number of fused-ring (bicyclic) bond motifs is 1. The van der Waals surface area contributed by atoms with E-state index in [1.54, 1.807) is 18.2 Å². The van der Waals surface area contributed by atoms with Gasteiger partial charge < -0.3 is 9.30 Å². The number of likely N-dealkylation sites (tertiary alicyclic amines) is 1. The maximum absolute atomic E-state index is 12.8. The minimum atomic E-state index is -0.0786. The summed E-state index contributed by atoms with van der Waals surface area (Å²) < 4.78 is 1.84. The van der Waals surface area contributed by atoms with Crippen LogP contribution in [0.5, 0.6) is 0 Å². The van der Waals surface area contributed by atoms with Crippen LogP contribution in [0.3, 0.4) is 0 Å². The molecule has 23 heavy (non-hydrogen) atoms. The Morgan fingerprint density at radius 2 is 1.65 bits per heavy atom. The molecule has 1 aliphatic rings. The van der Waals surface area contributed by atoms with Crippen LogP contribution >= 0.6 is 0 Å². The van der Waals surface area contributed by atoms with Crippen molar-refractivity contribution in [2.75, 3.05) is 13.1 Å². The molecule has 0 spiro atoms. The first-order chi connectivity index (χ1) is 11.2. The van der Waals surface area contributed by atoms with Gasteiger partial charge in [0, 0.05) is 35.9 Å². The fraction of sp³-hybridized carbons (Fsp3) is 0.158. The van der Waals surface area contributed by atoms with Gasteiger partial charge in [-0.15, -0.1) is 0 Å². The molecule has 0 atom stereocenters. The molecule has 1 fully saturated rings. The van der Waals surface area contributed by atoms with Crippen molar-refractivity contribution < 1.29 is 9.59 Å². The molecule has 4 rings (SSSR count). The lowest BCUT2D eigenvalue weighted by Gasteiger charge is -2.31. The van der Waals surface area contributed by atoms with Crippen molar-refractivity contribution in [2.45, 2.75) is 6.42 Å². The van der Waals surface area contributed by atoms with Gasteiger partial charge in [-0.25, -0.2) is 0 Å². The summed E-state index contributed by atoms with van der Waals surface area (Å²) in [6.07, 6.45) is 2.90. The number of nitrogens with zero attached hydrogens (tertiary/aromatic N) is 2. The van der Waals surface area contributed by atoms with Crippen LogP contribution in [0.25, 0.3) is 5.52 Å². The van der Waals surface area contributed by atoms with E-state index in [9.17, 15) is 9.59 Å². The van der Waals surface area contributed by atoms with Crippen molar-refractivity contribution in [1.82, 2.24) is 9.30 Å². The van der Waals surface area contributed by atoms with E-state index < -0.39 is 0 Å². The molecule has 4 nitrogen and oxygen atoms in total. The highest BCUT2D eigenvalue weighted by Gasteiger charge is 2.23. The number of benzene rings is 1. The lowest BCUT2D eigenvalue weighted by molar-refractivity contribution is 0.0652. The van der Waals surface area contributed by atoms with Crippen LogP contribution in [0.2, 0.25) is 0 Å². The molecule has 114 valence electrons. The monoisotopic (exact) mass is 304 g/mol. The highest BCUT2D eigenvalue weighted by molar-refractivity contribution is 6.09. The molecule has 1 aliphatic heterocycles. The minimum Gasteiger partial charge on any atom is -0.339 e. The molecule has 1 aromatic carbocycles. The minimum absolute atomic E-state index is 0.00191. The first kappa shape index (κ1) is 13.8. The van der Waals surface area contributed by atoms with Gasteiger partial charge in [-0.2, -0.15) is 0 Å². The molecule has 1 saturated heterocycles. The van der Waals surface area contributed by atoms with Crippen LogP contribution < -0.4 is 0 Å². The molecule has 0 bridgehead atoms. The Kier molecular flexibility index (Phi) is 3.23. The van der Waals surface area contributed by atoms with E-state index >= 15 is 0 Å².